The highest BCUT2D eigenvalue weighted by molar-refractivity contribution is 7.20. The van der Waals surface area contributed by atoms with Gasteiger partial charge in [0, 0.05) is 44.0 Å². The van der Waals surface area contributed by atoms with Gasteiger partial charge in [0.15, 0.2) is 5.78 Å². The zero-order chi connectivity index (χ0) is 15.4. The fraction of sp³-hybridized carbons (Fsp3) is 0.538. The number of rotatable bonds is 6. The second kappa shape index (κ2) is 9.05. The number of Topliss-reactive ketones (excluding diaryl/α,β-unsaturated/α-hetero) is 1. The largest absolute Gasteiger partial charge is 0.391 e. The van der Waals surface area contributed by atoms with Crippen LogP contribution in [-0.2, 0) is 4.79 Å². The molecule has 0 spiro atoms. The van der Waals surface area contributed by atoms with Gasteiger partial charge in [-0.2, -0.15) is 0 Å². The van der Waals surface area contributed by atoms with Gasteiger partial charge < -0.3 is 15.7 Å². The van der Waals surface area contributed by atoms with Crippen LogP contribution in [0.15, 0.2) is 6.07 Å². The lowest BCUT2D eigenvalue weighted by Crippen LogP contribution is -2.34. The smallest absolute Gasteiger partial charge is 0.220 e. The summed E-state index contributed by atoms with van der Waals surface area (Å²) in [4.78, 5) is 23.6. The van der Waals surface area contributed by atoms with E-state index in [-0.39, 0.29) is 42.9 Å². The number of thiophene rings is 1. The molecule has 124 valence electrons. The molecule has 1 aromatic heterocycles. The molecule has 3 N–H and O–H groups in total. The van der Waals surface area contributed by atoms with Crippen molar-refractivity contribution < 1.29 is 14.7 Å². The highest BCUT2D eigenvalue weighted by Gasteiger charge is 2.25. The Morgan fingerprint density at radius 3 is 2.64 bits per heavy atom. The first kappa shape index (κ1) is 19.7. The van der Waals surface area contributed by atoms with E-state index in [4.69, 9.17) is 23.2 Å². The molecule has 1 aromatic rings. The number of β-amino-alcohol motifs (C(OH)–C–C–N with tert-alkyl or cyclic N) is 1. The molecule has 22 heavy (non-hydrogen) atoms. The first-order chi connectivity index (χ1) is 9.97. The minimum absolute atomic E-state index is 0. The number of halogens is 3. The van der Waals surface area contributed by atoms with E-state index < -0.39 is 6.10 Å². The van der Waals surface area contributed by atoms with Gasteiger partial charge in [-0.05, 0) is 6.07 Å². The van der Waals surface area contributed by atoms with Crippen molar-refractivity contribution in [2.75, 3.05) is 19.6 Å². The Labute approximate surface area is 148 Å². The number of hydrogen-bond donors (Lipinski definition) is 3. The van der Waals surface area contributed by atoms with Crippen LogP contribution in [0.3, 0.4) is 0 Å². The Kier molecular flexibility index (Phi) is 8.10. The second-order valence-corrected chi connectivity index (χ2v) is 7.24. The molecular weight excluding hydrogens is 371 g/mol. The van der Waals surface area contributed by atoms with Crippen LogP contribution >= 0.6 is 46.9 Å². The minimum Gasteiger partial charge on any atom is -0.391 e. The van der Waals surface area contributed by atoms with Crippen molar-refractivity contribution in [3.63, 3.8) is 0 Å². The van der Waals surface area contributed by atoms with Crippen LogP contribution in [0.4, 0.5) is 0 Å². The average molecular weight is 388 g/mol. The van der Waals surface area contributed by atoms with Gasteiger partial charge in [-0.3, -0.25) is 9.59 Å². The lowest BCUT2D eigenvalue weighted by Gasteiger charge is -2.13. The Balaban J connectivity index is 0.00000242. The standard InChI is InChI=1S/C13H16Cl2N2O3S.ClH/c14-11-3-8(13(15)21-11)9(18)1-2-12(20)17-5-7-4-16-6-10(7)19;/h3,7,10,16,19H,1-2,4-6H2,(H,17,20);1H. The molecule has 0 radical (unpaired) electrons. The molecule has 0 aromatic carbocycles. The fourth-order valence-corrected chi connectivity index (χ4v) is 3.65. The molecule has 0 bridgehead atoms. The van der Waals surface area contributed by atoms with Gasteiger partial charge in [-0.15, -0.1) is 23.7 Å². The van der Waals surface area contributed by atoms with E-state index in [2.05, 4.69) is 10.6 Å². The molecule has 1 fully saturated rings. The van der Waals surface area contributed by atoms with E-state index in [0.717, 1.165) is 11.3 Å². The average Bonchev–Trinajstić information content (AvgIpc) is 2.99. The monoisotopic (exact) mass is 386 g/mol. The maximum atomic E-state index is 11.9. The molecule has 5 nitrogen and oxygen atoms in total. The second-order valence-electron chi connectivity index (χ2n) is 4.95. The van der Waals surface area contributed by atoms with Gasteiger partial charge in [0.2, 0.25) is 5.91 Å². The summed E-state index contributed by atoms with van der Waals surface area (Å²) in [6.07, 6.45) is -0.248. The third-order valence-electron chi connectivity index (χ3n) is 3.40. The molecule has 1 aliphatic rings. The number of ketones is 1. The number of carbonyl (C=O) groups excluding carboxylic acids is 2. The predicted molar refractivity (Wildman–Crippen MR) is 90.5 cm³/mol. The number of amides is 1. The summed E-state index contributed by atoms with van der Waals surface area (Å²) in [6, 6.07) is 1.52. The normalized spacial score (nSPS) is 20.5. The fourth-order valence-electron chi connectivity index (χ4n) is 2.15. The van der Waals surface area contributed by atoms with Gasteiger partial charge in [0.05, 0.1) is 10.4 Å². The summed E-state index contributed by atoms with van der Waals surface area (Å²) in [5.74, 6) is -0.379. The third kappa shape index (κ3) is 5.37. The summed E-state index contributed by atoms with van der Waals surface area (Å²) in [5.41, 5.74) is 0.370. The van der Waals surface area contributed by atoms with E-state index in [1.54, 1.807) is 0 Å². The molecule has 1 aliphatic heterocycles. The van der Waals surface area contributed by atoms with E-state index >= 15 is 0 Å². The van der Waals surface area contributed by atoms with E-state index in [1.165, 1.54) is 6.07 Å². The molecule has 9 heteroatoms. The third-order valence-corrected chi connectivity index (χ3v) is 4.89. The van der Waals surface area contributed by atoms with E-state index in [0.29, 0.717) is 33.9 Å². The SMILES string of the molecule is Cl.O=C(CCC(=O)c1cc(Cl)sc1Cl)NCC1CNCC1O. The number of hydrogen-bond acceptors (Lipinski definition) is 5. The van der Waals surface area contributed by atoms with Crippen LogP contribution in [0, 0.1) is 5.92 Å². The van der Waals surface area contributed by atoms with Crippen LogP contribution in [0.25, 0.3) is 0 Å². The molecular formula is C13H17Cl3N2O3S. The Bertz CT molecular complexity index is 539. The lowest BCUT2D eigenvalue weighted by molar-refractivity contribution is -0.121. The van der Waals surface area contributed by atoms with Crippen LogP contribution < -0.4 is 10.6 Å². The molecule has 2 rings (SSSR count). The summed E-state index contributed by atoms with van der Waals surface area (Å²) < 4.78 is 0.807. The van der Waals surface area contributed by atoms with Crippen LogP contribution in [0.1, 0.15) is 23.2 Å². The number of nitrogens with one attached hydrogen (secondary N) is 2. The van der Waals surface area contributed by atoms with Crippen molar-refractivity contribution >= 4 is 58.6 Å². The first-order valence-corrected chi connectivity index (χ1v) is 8.18. The first-order valence-electron chi connectivity index (χ1n) is 6.61. The maximum Gasteiger partial charge on any atom is 0.220 e. The number of aliphatic hydroxyl groups excluding tert-OH is 1. The number of carbonyl (C=O) groups is 2. The quantitative estimate of drug-likeness (QED) is 0.654. The highest BCUT2D eigenvalue weighted by Crippen LogP contribution is 2.32. The molecule has 1 amide bonds. The van der Waals surface area contributed by atoms with Crippen molar-refractivity contribution in [2.45, 2.75) is 18.9 Å². The van der Waals surface area contributed by atoms with Gasteiger partial charge in [-0.25, -0.2) is 0 Å². The van der Waals surface area contributed by atoms with Gasteiger partial charge >= 0.3 is 0 Å². The Morgan fingerprint density at radius 2 is 2.09 bits per heavy atom. The van der Waals surface area contributed by atoms with E-state index in [9.17, 15) is 14.7 Å². The zero-order valence-corrected chi connectivity index (χ0v) is 14.7. The Morgan fingerprint density at radius 1 is 1.36 bits per heavy atom. The Hall–Kier alpha value is -0.370. The van der Waals surface area contributed by atoms with E-state index in [1.807, 2.05) is 0 Å². The van der Waals surface area contributed by atoms with Crippen LogP contribution in [0.2, 0.25) is 8.67 Å². The molecule has 0 saturated carbocycles. The summed E-state index contributed by atoms with van der Waals surface area (Å²) >= 11 is 12.8. The van der Waals surface area contributed by atoms with Crippen molar-refractivity contribution in [3.05, 3.63) is 20.3 Å². The zero-order valence-electron chi connectivity index (χ0n) is 11.6. The van der Waals surface area contributed by atoms with Crippen molar-refractivity contribution in [3.8, 4) is 0 Å². The van der Waals surface area contributed by atoms with Gasteiger partial charge in [0.1, 0.15) is 4.34 Å². The maximum absolute atomic E-state index is 11.9. The van der Waals surface area contributed by atoms with Crippen molar-refractivity contribution in [2.24, 2.45) is 5.92 Å². The van der Waals surface area contributed by atoms with Crippen LogP contribution in [-0.4, -0.2) is 42.5 Å². The van der Waals surface area contributed by atoms with Gasteiger partial charge in [-0.1, -0.05) is 23.2 Å². The van der Waals surface area contributed by atoms with Crippen LogP contribution in [0.5, 0.6) is 0 Å². The molecule has 2 unspecified atom stereocenters. The molecule has 1 saturated heterocycles. The van der Waals surface area contributed by atoms with Gasteiger partial charge in [0.25, 0.3) is 0 Å². The predicted octanol–water partition coefficient (Wildman–Crippen LogP) is 2.14. The number of aliphatic hydroxyl groups is 1. The van der Waals surface area contributed by atoms with Crippen molar-refractivity contribution in [1.82, 2.24) is 10.6 Å². The summed E-state index contributed by atoms with van der Waals surface area (Å²) in [7, 11) is 0. The summed E-state index contributed by atoms with van der Waals surface area (Å²) in [5, 5.41) is 15.4. The topological polar surface area (TPSA) is 78.4 Å². The summed E-state index contributed by atoms with van der Waals surface area (Å²) in [6.45, 7) is 1.64. The minimum atomic E-state index is -0.432. The molecule has 0 aliphatic carbocycles. The van der Waals surface area contributed by atoms with Crippen molar-refractivity contribution in [1.29, 1.82) is 0 Å². The highest BCUT2D eigenvalue weighted by atomic mass is 35.5. The molecule has 2 atom stereocenters. The lowest BCUT2D eigenvalue weighted by atomic mass is 10.1. The molecule has 2 heterocycles.